The first kappa shape index (κ1) is 11.6. The van der Waals surface area contributed by atoms with Crippen molar-refractivity contribution in [3.8, 4) is 0 Å². The van der Waals surface area contributed by atoms with Crippen LogP contribution in [0.3, 0.4) is 0 Å². The normalized spacial score (nSPS) is 11.4. The van der Waals surface area contributed by atoms with Gasteiger partial charge in [0.05, 0.1) is 12.2 Å². The van der Waals surface area contributed by atoms with E-state index in [1.165, 1.54) is 12.4 Å². The van der Waals surface area contributed by atoms with Crippen molar-refractivity contribution in [2.24, 2.45) is 5.14 Å². The van der Waals surface area contributed by atoms with Crippen molar-refractivity contribution in [2.75, 3.05) is 5.32 Å². The molecule has 2 rings (SSSR count). The lowest BCUT2D eigenvalue weighted by Gasteiger charge is -2.08. The van der Waals surface area contributed by atoms with Crippen molar-refractivity contribution < 1.29 is 8.42 Å². The highest BCUT2D eigenvalue weighted by Crippen LogP contribution is 2.19. The molecule has 0 radical (unpaired) electrons. The highest BCUT2D eigenvalue weighted by atomic mass is 32.2. The van der Waals surface area contributed by atoms with Crippen molar-refractivity contribution in [1.82, 2.24) is 15.2 Å². The van der Waals surface area contributed by atoms with Gasteiger partial charge in [-0.2, -0.15) is 5.10 Å². The third-order valence-corrected chi connectivity index (χ3v) is 3.07. The minimum absolute atomic E-state index is 0.0551. The second kappa shape index (κ2) is 4.52. The number of aromatic nitrogens is 3. The average Bonchev–Trinajstić information content (AvgIpc) is 2.78. The Kier molecular flexibility index (Phi) is 3.07. The van der Waals surface area contributed by atoms with Crippen LogP contribution in [0.25, 0.3) is 0 Å². The van der Waals surface area contributed by atoms with Gasteiger partial charge in [-0.15, -0.1) is 0 Å². The van der Waals surface area contributed by atoms with E-state index in [1.807, 2.05) is 0 Å². The molecule has 0 aliphatic carbocycles. The number of H-pyrrole nitrogens is 1. The zero-order valence-corrected chi connectivity index (χ0v) is 9.61. The van der Waals surface area contributed by atoms with Crippen molar-refractivity contribution in [3.63, 3.8) is 0 Å². The van der Waals surface area contributed by atoms with Crippen molar-refractivity contribution in [3.05, 3.63) is 36.4 Å². The lowest BCUT2D eigenvalue weighted by molar-refractivity contribution is 0.598. The molecule has 0 atom stereocenters. The number of nitrogens with one attached hydrogen (secondary N) is 2. The van der Waals surface area contributed by atoms with Gasteiger partial charge in [-0.1, -0.05) is 12.1 Å². The number of sulfonamides is 1. The molecule has 0 saturated heterocycles. The van der Waals surface area contributed by atoms with E-state index in [1.54, 1.807) is 18.2 Å². The summed E-state index contributed by atoms with van der Waals surface area (Å²) in [5, 5.41) is 14.4. The molecule has 1 heterocycles. The van der Waals surface area contributed by atoms with Gasteiger partial charge in [-0.05, 0) is 12.1 Å². The number of hydrogen-bond donors (Lipinski definition) is 3. The Balaban J connectivity index is 2.22. The van der Waals surface area contributed by atoms with E-state index < -0.39 is 10.0 Å². The number of rotatable bonds is 4. The molecule has 1 aromatic carbocycles. The van der Waals surface area contributed by atoms with Crippen molar-refractivity contribution in [2.45, 2.75) is 11.4 Å². The molecule has 0 bridgehead atoms. The minimum Gasteiger partial charge on any atom is -0.377 e. The molecule has 0 aliphatic heterocycles. The van der Waals surface area contributed by atoms with Crippen LogP contribution in [0.1, 0.15) is 5.82 Å². The maximum Gasteiger partial charge on any atom is 0.240 e. The highest BCUT2D eigenvalue weighted by Gasteiger charge is 2.12. The van der Waals surface area contributed by atoms with Crippen LogP contribution in [-0.2, 0) is 16.6 Å². The van der Waals surface area contributed by atoms with Crippen LogP contribution >= 0.6 is 0 Å². The number of nitrogens with zero attached hydrogens (tertiary/aromatic N) is 2. The number of benzene rings is 1. The SMILES string of the molecule is NS(=O)(=O)c1ccccc1NCc1ncn[nH]1. The molecule has 2 aromatic rings. The third kappa shape index (κ3) is 2.80. The van der Waals surface area contributed by atoms with Crippen LogP contribution in [0.2, 0.25) is 0 Å². The summed E-state index contributed by atoms with van der Waals surface area (Å²) in [7, 11) is -3.73. The van der Waals surface area contributed by atoms with Gasteiger partial charge in [0.15, 0.2) is 0 Å². The predicted molar refractivity (Wildman–Crippen MR) is 61.5 cm³/mol. The van der Waals surface area contributed by atoms with Crippen molar-refractivity contribution in [1.29, 1.82) is 0 Å². The molecule has 1 aromatic heterocycles. The number of primary sulfonamides is 1. The predicted octanol–water partition coefficient (Wildman–Crippen LogP) is 0.0642. The molecule has 0 fully saturated rings. The van der Waals surface area contributed by atoms with Crippen LogP contribution < -0.4 is 10.5 Å². The quantitative estimate of drug-likeness (QED) is 0.713. The van der Waals surface area contributed by atoms with Crippen LogP contribution in [-0.4, -0.2) is 23.6 Å². The van der Waals surface area contributed by atoms with Crippen LogP contribution in [0.5, 0.6) is 0 Å². The van der Waals surface area contributed by atoms with Crippen molar-refractivity contribution >= 4 is 15.7 Å². The maximum atomic E-state index is 11.3. The first-order valence-corrected chi connectivity index (χ1v) is 6.32. The van der Waals surface area contributed by atoms with Gasteiger partial charge in [0.1, 0.15) is 17.0 Å². The summed E-state index contributed by atoms with van der Waals surface area (Å²) in [5.41, 5.74) is 0.436. The summed E-state index contributed by atoms with van der Waals surface area (Å²) in [6.45, 7) is 0.340. The fraction of sp³-hybridized carbons (Fsp3) is 0.111. The minimum atomic E-state index is -3.73. The number of para-hydroxylation sites is 1. The topological polar surface area (TPSA) is 114 Å². The van der Waals surface area contributed by atoms with Gasteiger partial charge in [0, 0.05) is 0 Å². The Morgan fingerprint density at radius 2 is 2.12 bits per heavy atom. The molecule has 0 spiro atoms. The standard InChI is InChI=1S/C9H11N5O2S/c10-17(15,16)8-4-2-1-3-7(8)11-5-9-12-6-13-14-9/h1-4,6,11H,5H2,(H2,10,15,16)(H,12,13,14). The Morgan fingerprint density at radius 3 is 2.76 bits per heavy atom. The molecular weight excluding hydrogens is 242 g/mol. The number of nitrogens with two attached hydrogens (primary N) is 1. The lowest BCUT2D eigenvalue weighted by Crippen LogP contribution is -2.15. The molecule has 4 N–H and O–H groups in total. The molecule has 90 valence electrons. The lowest BCUT2D eigenvalue weighted by atomic mass is 10.3. The van der Waals surface area contributed by atoms with Gasteiger partial charge in [-0.25, -0.2) is 18.5 Å². The van der Waals surface area contributed by atoms with Crippen LogP contribution in [0.15, 0.2) is 35.5 Å². The largest absolute Gasteiger partial charge is 0.377 e. The third-order valence-electron chi connectivity index (χ3n) is 2.10. The monoisotopic (exact) mass is 253 g/mol. The van der Waals surface area contributed by atoms with Gasteiger partial charge < -0.3 is 5.32 Å². The molecule has 0 amide bonds. The average molecular weight is 253 g/mol. The summed E-state index contributed by atoms with van der Waals surface area (Å²) in [6.07, 6.45) is 1.38. The smallest absolute Gasteiger partial charge is 0.240 e. The first-order valence-electron chi connectivity index (χ1n) is 4.77. The number of hydrogen-bond acceptors (Lipinski definition) is 5. The Morgan fingerprint density at radius 1 is 1.35 bits per heavy atom. The zero-order chi connectivity index (χ0) is 12.3. The summed E-state index contributed by atoms with van der Waals surface area (Å²) < 4.78 is 22.6. The second-order valence-electron chi connectivity index (χ2n) is 3.33. The van der Waals surface area contributed by atoms with Gasteiger partial charge in [-0.3, -0.25) is 5.10 Å². The van der Waals surface area contributed by atoms with E-state index >= 15 is 0 Å². The number of aromatic amines is 1. The van der Waals surface area contributed by atoms with E-state index in [4.69, 9.17) is 5.14 Å². The summed E-state index contributed by atoms with van der Waals surface area (Å²) >= 11 is 0. The fourth-order valence-corrected chi connectivity index (χ4v) is 2.07. The Hall–Kier alpha value is -1.93. The fourth-order valence-electron chi connectivity index (χ4n) is 1.36. The molecule has 8 heteroatoms. The molecule has 7 nitrogen and oxygen atoms in total. The molecule has 0 saturated carbocycles. The summed E-state index contributed by atoms with van der Waals surface area (Å²) in [5.74, 6) is 0.606. The van der Waals surface area contributed by atoms with Crippen LogP contribution in [0, 0.1) is 0 Å². The summed E-state index contributed by atoms with van der Waals surface area (Å²) in [6, 6.07) is 6.41. The highest BCUT2D eigenvalue weighted by molar-refractivity contribution is 7.89. The molecule has 17 heavy (non-hydrogen) atoms. The Bertz CT molecular complexity index is 594. The van der Waals surface area contributed by atoms with E-state index in [0.29, 0.717) is 18.1 Å². The van der Waals surface area contributed by atoms with E-state index in [2.05, 4.69) is 20.5 Å². The molecule has 0 unspecified atom stereocenters. The van der Waals surface area contributed by atoms with E-state index in [9.17, 15) is 8.42 Å². The van der Waals surface area contributed by atoms with Gasteiger partial charge in [0.2, 0.25) is 10.0 Å². The number of anilines is 1. The zero-order valence-electron chi connectivity index (χ0n) is 8.79. The van der Waals surface area contributed by atoms with Crippen LogP contribution in [0.4, 0.5) is 5.69 Å². The van der Waals surface area contributed by atoms with E-state index in [0.717, 1.165) is 0 Å². The maximum absolute atomic E-state index is 11.3. The second-order valence-corrected chi connectivity index (χ2v) is 4.86. The summed E-state index contributed by atoms with van der Waals surface area (Å²) in [4.78, 5) is 3.97. The first-order chi connectivity index (χ1) is 8.07. The Labute approximate surface area is 98.1 Å². The van der Waals surface area contributed by atoms with Gasteiger partial charge >= 0.3 is 0 Å². The van der Waals surface area contributed by atoms with Gasteiger partial charge in [0.25, 0.3) is 0 Å². The van der Waals surface area contributed by atoms with E-state index in [-0.39, 0.29) is 4.90 Å². The molecule has 0 aliphatic rings. The molecular formula is C9H11N5O2S.